The molecule has 0 unspecified atom stereocenters. The average Bonchev–Trinajstić information content (AvgIpc) is 3.43. The molecule has 1 saturated heterocycles. The third kappa shape index (κ3) is 4.02. The summed E-state index contributed by atoms with van der Waals surface area (Å²) in [6.07, 6.45) is 2.49. The van der Waals surface area contributed by atoms with Crippen molar-refractivity contribution in [2.75, 3.05) is 38.0 Å². The van der Waals surface area contributed by atoms with Crippen LogP contribution in [0.15, 0.2) is 54.6 Å². The molecular weight excluding hydrogens is 313 g/mol. The first-order valence-corrected chi connectivity index (χ1v) is 9.24. The summed E-state index contributed by atoms with van der Waals surface area (Å²) in [4.78, 5) is 5.18. The maximum absolute atomic E-state index is 13.3. The van der Waals surface area contributed by atoms with Crippen LogP contribution in [0, 0.1) is 5.82 Å². The Kier molecular flexibility index (Phi) is 4.73. The van der Waals surface area contributed by atoms with Crippen LogP contribution in [0.1, 0.15) is 18.4 Å². The van der Waals surface area contributed by atoms with Gasteiger partial charge >= 0.3 is 0 Å². The van der Waals surface area contributed by atoms with Crippen molar-refractivity contribution in [2.45, 2.75) is 24.9 Å². The number of nitrogens with zero attached hydrogens (tertiary/aromatic N) is 2. The van der Waals surface area contributed by atoms with E-state index < -0.39 is 0 Å². The van der Waals surface area contributed by atoms with Crippen molar-refractivity contribution < 1.29 is 4.39 Å². The van der Waals surface area contributed by atoms with Crippen LogP contribution in [-0.4, -0.2) is 48.1 Å². The lowest BCUT2D eigenvalue weighted by atomic mass is 10.1. The van der Waals surface area contributed by atoms with E-state index in [2.05, 4.69) is 45.4 Å². The predicted octanol–water partition coefficient (Wildman–Crippen LogP) is 3.59. The molecule has 2 aromatic rings. The van der Waals surface area contributed by atoms with Gasteiger partial charge < -0.3 is 5.32 Å². The number of anilines is 1. The molecule has 3 nitrogen and oxygen atoms in total. The van der Waals surface area contributed by atoms with Crippen molar-refractivity contribution in [3.8, 4) is 0 Å². The van der Waals surface area contributed by atoms with E-state index in [1.807, 2.05) is 6.07 Å². The smallest absolute Gasteiger partial charge is 0.125 e. The third-order valence-corrected chi connectivity index (χ3v) is 5.57. The summed E-state index contributed by atoms with van der Waals surface area (Å²) < 4.78 is 13.3. The molecule has 1 aliphatic heterocycles. The van der Waals surface area contributed by atoms with Crippen molar-refractivity contribution in [2.24, 2.45) is 0 Å². The van der Waals surface area contributed by atoms with Gasteiger partial charge in [-0.3, -0.25) is 9.80 Å². The summed E-state index contributed by atoms with van der Waals surface area (Å²) in [5, 5.41) is 3.44. The molecule has 132 valence electrons. The monoisotopic (exact) mass is 339 g/mol. The van der Waals surface area contributed by atoms with Crippen LogP contribution in [0.25, 0.3) is 0 Å². The predicted molar refractivity (Wildman–Crippen MR) is 100 cm³/mol. The second-order valence-electron chi connectivity index (χ2n) is 7.34. The Hall–Kier alpha value is -1.91. The molecule has 1 aliphatic carbocycles. The lowest BCUT2D eigenvalue weighted by Crippen LogP contribution is -2.53. The van der Waals surface area contributed by atoms with Crippen LogP contribution in [0.3, 0.4) is 0 Å². The van der Waals surface area contributed by atoms with Crippen molar-refractivity contribution in [1.29, 1.82) is 0 Å². The van der Waals surface area contributed by atoms with Crippen LogP contribution >= 0.6 is 0 Å². The number of hydrogen-bond donors (Lipinski definition) is 1. The third-order valence-electron chi connectivity index (χ3n) is 5.57. The molecule has 0 bridgehead atoms. The lowest BCUT2D eigenvalue weighted by Gasteiger charge is -2.40. The standard InChI is InChI=1S/C21H26FN3/c22-19-7-4-8-20(15-19)23-17-21(9-10-21)25-13-11-24(12-14-25)16-18-5-2-1-3-6-18/h1-8,15,23H,9-14,16-17H2. The van der Waals surface area contributed by atoms with Gasteiger partial charge in [0.05, 0.1) is 0 Å². The molecule has 2 aliphatic rings. The average molecular weight is 339 g/mol. The molecule has 25 heavy (non-hydrogen) atoms. The highest BCUT2D eigenvalue weighted by Gasteiger charge is 2.48. The van der Waals surface area contributed by atoms with Gasteiger partial charge in [-0.25, -0.2) is 4.39 Å². The molecule has 0 spiro atoms. The Bertz CT molecular complexity index is 691. The summed E-state index contributed by atoms with van der Waals surface area (Å²) in [5.41, 5.74) is 2.56. The number of hydrogen-bond acceptors (Lipinski definition) is 3. The molecule has 1 saturated carbocycles. The van der Waals surface area contributed by atoms with Gasteiger partial charge in [-0.2, -0.15) is 0 Å². The van der Waals surface area contributed by atoms with E-state index in [9.17, 15) is 4.39 Å². The van der Waals surface area contributed by atoms with Gasteiger partial charge in [0.2, 0.25) is 0 Å². The normalized spacial score (nSPS) is 20.4. The van der Waals surface area contributed by atoms with Gasteiger partial charge in [0, 0.05) is 50.5 Å². The summed E-state index contributed by atoms with van der Waals surface area (Å²) in [6.45, 7) is 6.45. The van der Waals surface area contributed by atoms with E-state index in [0.717, 1.165) is 45.0 Å². The highest BCUT2D eigenvalue weighted by molar-refractivity contribution is 5.44. The Labute approximate surface area is 149 Å². The van der Waals surface area contributed by atoms with E-state index in [0.29, 0.717) is 0 Å². The number of rotatable bonds is 6. The Morgan fingerprint density at radius 3 is 2.36 bits per heavy atom. The van der Waals surface area contributed by atoms with Crippen LogP contribution in [0.5, 0.6) is 0 Å². The van der Waals surface area contributed by atoms with E-state index in [4.69, 9.17) is 0 Å². The van der Waals surface area contributed by atoms with Gasteiger partial charge in [0.15, 0.2) is 0 Å². The van der Waals surface area contributed by atoms with Crippen molar-refractivity contribution >= 4 is 5.69 Å². The van der Waals surface area contributed by atoms with Gasteiger partial charge in [-0.05, 0) is 36.6 Å². The summed E-state index contributed by atoms with van der Waals surface area (Å²) in [7, 11) is 0. The summed E-state index contributed by atoms with van der Waals surface area (Å²) in [6, 6.07) is 17.5. The van der Waals surface area contributed by atoms with E-state index >= 15 is 0 Å². The minimum atomic E-state index is -0.177. The second kappa shape index (κ2) is 7.14. The fraction of sp³-hybridized carbons (Fsp3) is 0.429. The van der Waals surface area contributed by atoms with Gasteiger partial charge in [0.1, 0.15) is 5.82 Å². The second-order valence-corrected chi connectivity index (χ2v) is 7.34. The molecule has 4 heteroatoms. The number of benzene rings is 2. The highest BCUT2D eigenvalue weighted by Crippen LogP contribution is 2.42. The Morgan fingerprint density at radius 2 is 1.68 bits per heavy atom. The SMILES string of the molecule is Fc1cccc(NCC2(N3CCN(Cc4ccccc4)CC3)CC2)c1. The highest BCUT2D eigenvalue weighted by atomic mass is 19.1. The van der Waals surface area contributed by atoms with Crippen molar-refractivity contribution in [1.82, 2.24) is 9.80 Å². The summed E-state index contributed by atoms with van der Waals surface area (Å²) in [5.74, 6) is -0.177. The minimum absolute atomic E-state index is 0.177. The van der Waals surface area contributed by atoms with E-state index in [-0.39, 0.29) is 11.4 Å². The summed E-state index contributed by atoms with van der Waals surface area (Å²) >= 11 is 0. The van der Waals surface area contributed by atoms with Crippen molar-refractivity contribution in [3.63, 3.8) is 0 Å². The first kappa shape index (κ1) is 16.6. The Balaban J connectivity index is 1.28. The molecule has 2 fully saturated rings. The van der Waals surface area contributed by atoms with E-state index in [1.54, 1.807) is 12.1 Å². The number of halogens is 1. The quantitative estimate of drug-likeness (QED) is 0.868. The van der Waals surface area contributed by atoms with Crippen LogP contribution < -0.4 is 5.32 Å². The van der Waals surface area contributed by atoms with Crippen LogP contribution in [0.4, 0.5) is 10.1 Å². The molecule has 2 aromatic carbocycles. The molecule has 0 amide bonds. The topological polar surface area (TPSA) is 18.5 Å². The molecular formula is C21H26FN3. The van der Waals surface area contributed by atoms with E-state index in [1.165, 1.54) is 24.5 Å². The lowest BCUT2D eigenvalue weighted by molar-refractivity contribution is 0.0856. The first-order valence-electron chi connectivity index (χ1n) is 9.24. The molecule has 0 radical (unpaired) electrons. The Morgan fingerprint density at radius 1 is 0.920 bits per heavy atom. The van der Waals surface area contributed by atoms with Crippen LogP contribution in [0.2, 0.25) is 0 Å². The first-order chi connectivity index (χ1) is 12.2. The molecule has 1 N–H and O–H groups in total. The van der Waals surface area contributed by atoms with Crippen LogP contribution in [-0.2, 0) is 6.54 Å². The largest absolute Gasteiger partial charge is 0.383 e. The fourth-order valence-electron chi connectivity index (χ4n) is 3.84. The maximum atomic E-state index is 13.3. The molecule has 0 aromatic heterocycles. The zero-order valence-corrected chi connectivity index (χ0v) is 14.6. The number of nitrogens with one attached hydrogen (secondary N) is 1. The maximum Gasteiger partial charge on any atom is 0.125 e. The molecule has 4 rings (SSSR count). The van der Waals surface area contributed by atoms with Gasteiger partial charge in [-0.1, -0.05) is 36.4 Å². The molecule has 1 heterocycles. The molecule has 0 atom stereocenters. The van der Waals surface area contributed by atoms with Crippen molar-refractivity contribution in [3.05, 3.63) is 66.0 Å². The van der Waals surface area contributed by atoms with Gasteiger partial charge in [-0.15, -0.1) is 0 Å². The fourth-order valence-corrected chi connectivity index (χ4v) is 3.84. The zero-order chi connectivity index (χ0) is 17.1. The number of piperazine rings is 1. The van der Waals surface area contributed by atoms with Gasteiger partial charge in [0.25, 0.3) is 0 Å². The zero-order valence-electron chi connectivity index (χ0n) is 14.6. The minimum Gasteiger partial charge on any atom is -0.383 e.